The van der Waals surface area contributed by atoms with E-state index in [9.17, 15) is 34.2 Å². The Morgan fingerprint density at radius 1 is 0.891 bits per heavy atom. The normalized spacial score (nSPS) is 12.9. The number of nitrogens with one attached hydrogen (secondary N) is 1. The molecule has 2 atom stereocenters. The maximum absolute atomic E-state index is 13.0. The average molecular weight is 638 g/mol. The first-order valence-corrected chi connectivity index (χ1v) is 14.1. The SMILES string of the molecule is CC(N)=NCCCCC(NC(=O)c1cc(=O)c2c(OCC(O)COc3cccc4oc(C(=O)O)cc(=O)c34)cccc2o1)C(=O)O. The van der Waals surface area contributed by atoms with Crippen LogP contribution >= 0.6 is 0 Å². The number of carboxylic acid groups (broad SMARTS) is 2. The van der Waals surface area contributed by atoms with Crippen LogP contribution < -0.4 is 31.4 Å². The summed E-state index contributed by atoms with van der Waals surface area (Å²) in [5, 5.41) is 31.5. The van der Waals surface area contributed by atoms with Gasteiger partial charge in [-0.1, -0.05) is 12.1 Å². The van der Waals surface area contributed by atoms with Crippen LogP contribution in [0, 0.1) is 0 Å². The number of aliphatic imine (C=N–C) groups is 1. The second kappa shape index (κ2) is 14.9. The monoisotopic (exact) mass is 637 g/mol. The minimum atomic E-state index is -1.40. The number of ether oxygens (including phenoxy) is 2. The summed E-state index contributed by atoms with van der Waals surface area (Å²) in [4.78, 5) is 65.2. The number of aromatic carboxylic acids is 1. The first-order chi connectivity index (χ1) is 21.9. The van der Waals surface area contributed by atoms with Crippen LogP contribution in [0.2, 0.25) is 0 Å². The summed E-state index contributed by atoms with van der Waals surface area (Å²) in [7, 11) is 0. The highest BCUT2D eigenvalue weighted by molar-refractivity contribution is 5.96. The number of hydrogen-bond donors (Lipinski definition) is 5. The van der Waals surface area contributed by atoms with Crippen molar-refractivity contribution >= 4 is 45.6 Å². The zero-order valence-electron chi connectivity index (χ0n) is 24.6. The second-order valence-electron chi connectivity index (χ2n) is 10.2. The van der Waals surface area contributed by atoms with Gasteiger partial charge in [-0.25, -0.2) is 9.59 Å². The zero-order valence-corrected chi connectivity index (χ0v) is 24.6. The molecule has 0 bridgehead atoms. The minimum Gasteiger partial charge on any atom is -0.490 e. The van der Waals surface area contributed by atoms with Gasteiger partial charge in [-0.2, -0.15) is 0 Å². The van der Waals surface area contributed by atoms with Crippen molar-refractivity contribution in [2.24, 2.45) is 10.7 Å². The molecule has 4 rings (SSSR count). The fourth-order valence-corrected chi connectivity index (χ4v) is 4.44. The van der Waals surface area contributed by atoms with Gasteiger partial charge in [0.15, 0.2) is 16.6 Å². The topological polar surface area (TPSA) is 241 Å². The molecule has 1 amide bonds. The molecule has 0 aliphatic rings. The van der Waals surface area contributed by atoms with Crippen LogP contribution in [-0.2, 0) is 4.79 Å². The number of nitrogens with zero attached hydrogens (tertiary/aromatic N) is 1. The molecule has 2 unspecified atom stereocenters. The zero-order chi connectivity index (χ0) is 33.4. The van der Waals surface area contributed by atoms with E-state index in [2.05, 4.69) is 10.3 Å². The van der Waals surface area contributed by atoms with E-state index in [4.69, 9.17) is 29.1 Å². The van der Waals surface area contributed by atoms with E-state index in [1.54, 1.807) is 6.92 Å². The van der Waals surface area contributed by atoms with Gasteiger partial charge in [0, 0.05) is 18.7 Å². The van der Waals surface area contributed by atoms with Crippen molar-refractivity contribution < 1.29 is 48.0 Å². The molecule has 0 fully saturated rings. The van der Waals surface area contributed by atoms with E-state index >= 15 is 0 Å². The van der Waals surface area contributed by atoms with Gasteiger partial charge in [-0.15, -0.1) is 0 Å². The number of aliphatic hydroxyl groups is 1. The Morgan fingerprint density at radius 2 is 1.43 bits per heavy atom. The van der Waals surface area contributed by atoms with Crippen LogP contribution in [0.1, 0.15) is 47.3 Å². The molecule has 46 heavy (non-hydrogen) atoms. The van der Waals surface area contributed by atoms with Gasteiger partial charge in [0.05, 0.1) is 5.84 Å². The van der Waals surface area contributed by atoms with E-state index in [0.29, 0.717) is 25.2 Å². The molecule has 2 aromatic heterocycles. The summed E-state index contributed by atoms with van der Waals surface area (Å²) in [6.07, 6.45) is -0.0921. The van der Waals surface area contributed by atoms with Gasteiger partial charge in [0.2, 0.25) is 5.76 Å². The summed E-state index contributed by atoms with van der Waals surface area (Å²) >= 11 is 0. The number of carbonyl (C=O) groups is 3. The lowest BCUT2D eigenvalue weighted by molar-refractivity contribution is -0.139. The van der Waals surface area contributed by atoms with E-state index in [1.807, 2.05) is 0 Å². The van der Waals surface area contributed by atoms with Crippen molar-refractivity contribution in [1.82, 2.24) is 5.32 Å². The van der Waals surface area contributed by atoms with Crippen molar-refractivity contribution in [3.63, 3.8) is 0 Å². The number of fused-ring (bicyclic) bond motifs is 2. The molecule has 4 aromatic rings. The Morgan fingerprint density at radius 3 is 1.96 bits per heavy atom. The number of amides is 1. The highest BCUT2D eigenvalue weighted by atomic mass is 16.5. The summed E-state index contributed by atoms with van der Waals surface area (Å²) in [6.45, 7) is 1.38. The first-order valence-electron chi connectivity index (χ1n) is 14.1. The standard InChI is InChI=1S/C31H31N3O12/c1-16(32)33-11-3-2-6-18(30(39)40)34-29(38)25-12-19(36)27-21(7-4-9-23(27)45-25)43-14-17(35)15-44-22-8-5-10-24-28(22)20(37)13-26(46-24)31(41)42/h4-5,7-10,12-13,17-18,35H,2-3,6,11,14-15H2,1H3,(H2,32,33)(H,34,38)(H,39,40)(H,41,42). The Labute approximate surface area is 259 Å². The number of benzene rings is 2. The number of carbonyl (C=O) groups excluding carboxylic acids is 1. The Balaban J connectivity index is 1.41. The fraction of sp³-hybridized carbons (Fsp3) is 0.290. The van der Waals surface area contributed by atoms with E-state index in [-0.39, 0.29) is 53.1 Å². The van der Waals surface area contributed by atoms with E-state index in [0.717, 1.165) is 12.1 Å². The van der Waals surface area contributed by atoms with Crippen LogP contribution in [-0.4, -0.2) is 70.9 Å². The molecule has 15 nitrogen and oxygen atoms in total. The summed E-state index contributed by atoms with van der Waals surface area (Å²) < 4.78 is 22.1. The largest absolute Gasteiger partial charge is 0.490 e. The van der Waals surface area contributed by atoms with Crippen LogP contribution in [0.25, 0.3) is 21.9 Å². The van der Waals surface area contributed by atoms with Crippen molar-refractivity contribution in [2.45, 2.75) is 38.3 Å². The Kier molecular flexibility index (Phi) is 10.7. The average Bonchev–Trinajstić information content (AvgIpc) is 3.01. The predicted octanol–water partition coefficient (Wildman–Crippen LogP) is 2.15. The number of aliphatic carboxylic acids is 1. The van der Waals surface area contributed by atoms with E-state index in [1.165, 1.54) is 36.4 Å². The van der Waals surface area contributed by atoms with Crippen molar-refractivity contribution in [3.05, 3.63) is 80.5 Å². The quantitative estimate of drug-likeness (QED) is 0.0714. The van der Waals surface area contributed by atoms with Gasteiger partial charge in [0.1, 0.15) is 58.8 Å². The van der Waals surface area contributed by atoms with Crippen LogP contribution in [0.5, 0.6) is 11.5 Å². The maximum Gasteiger partial charge on any atom is 0.371 e. The van der Waals surface area contributed by atoms with Gasteiger partial charge >= 0.3 is 11.9 Å². The van der Waals surface area contributed by atoms with Crippen molar-refractivity contribution in [1.29, 1.82) is 0 Å². The number of rotatable bonds is 15. The van der Waals surface area contributed by atoms with Crippen LogP contribution in [0.15, 0.2) is 71.9 Å². The highest BCUT2D eigenvalue weighted by Gasteiger charge is 2.23. The lowest BCUT2D eigenvalue weighted by Gasteiger charge is -2.16. The van der Waals surface area contributed by atoms with Gasteiger partial charge in [-0.3, -0.25) is 19.4 Å². The Bertz CT molecular complexity index is 1910. The number of nitrogens with two attached hydrogens (primary N) is 1. The number of amidine groups is 1. The lowest BCUT2D eigenvalue weighted by Crippen LogP contribution is -2.41. The van der Waals surface area contributed by atoms with Crippen LogP contribution in [0.3, 0.4) is 0 Å². The third kappa shape index (κ3) is 8.26. The third-order valence-electron chi connectivity index (χ3n) is 6.60. The smallest absolute Gasteiger partial charge is 0.371 e. The number of unbranched alkanes of at least 4 members (excludes halogenated alkanes) is 1. The van der Waals surface area contributed by atoms with Crippen molar-refractivity contribution in [3.8, 4) is 11.5 Å². The second-order valence-corrected chi connectivity index (χ2v) is 10.2. The van der Waals surface area contributed by atoms with Crippen LogP contribution in [0.4, 0.5) is 0 Å². The molecule has 0 saturated heterocycles. The molecule has 0 saturated carbocycles. The summed E-state index contributed by atoms with van der Waals surface area (Å²) in [5.74, 6) is -3.95. The van der Waals surface area contributed by atoms with E-state index < -0.39 is 52.4 Å². The molecule has 0 radical (unpaired) electrons. The van der Waals surface area contributed by atoms with Crippen molar-refractivity contribution in [2.75, 3.05) is 19.8 Å². The molecule has 2 heterocycles. The fourth-order valence-electron chi connectivity index (χ4n) is 4.44. The van der Waals surface area contributed by atoms with Gasteiger partial charge in [0.25, 0.3) is 5.91 Å². The molecular weight excluding hydrogens is 606 g/mol. The molecule has 0 spiro atoms. The molecule has 242 valence electrons. The van der Waals surface area contributed by atoms with Gasteiger partial charge < -0.3 is 44.7 Å². The molecule has 0 aliphatic carbocycles. The Hall–Kier alpha value is -5.70. The molecule has 15 heteroatoms. The lowest BCUT2D eigenvalue weighted by atomic mass is 10.1. The summed E-state index contributed by atoms with van der Waals surface area (Å²) in [5.41, 5.74) is 4.18. The van der Waals surface area contributed by atoms with Gasteiger partial charge in [-0.05, 0) is 50.5 Å². The minimum absolute atomic E-state index is 0.00546. The number of carboxylic acids is 2. The maximum atomic E-state index is 13.0. The predicted molar refractivity (Wildman–Crippen MR) is 164 cm³/mol. The molecule has 2 aromatic carbocycles. The number of aliphatic hydroxyl groups excluding tert-OH is 1. The summed E-state index contributed by atoms with van der Waals surface area (Å²) in [6, 6.07) is 9.25. The first kappa shape index (κ1) is 33.2. The number of hydrogen-bond acceptors (Lipinski definition) is 11. The highest BCUT2D eigenvalue weighted by Crippen LogP contribution is 2.25. The molecule has 6 N–H and O–H groups in total. The third-order valence-corrected chi connectivity index (χ3v) is 6.60. The molecular formula is C31H31N3O12. The molecule has 0 aliphatic heterocycles.